The molecule has 8 heteroatoms. The van der Waals surface area contributed by atoms with E-state index in [1.807, 2.05) is 6.07 Å². The van der Waals surface area contributed by atoms with Crippen molar-refractivity contribution in [3.8, 4) is 0 Å². The standard InChI is InChI=1S/C21H21N3O5/c1-13(2)29-20(25)18-14(3)23(16-9-5-4-6-10-16)21(26)22-19(18)15-8-7-11-17(12-15)24(27)28/h4-13,19H,1-3H3,(H,22,26)/t19-/m0/s1. The summed E-state index contributed by atoms with van der Waals surface area (Å²) in [4.78, 5) is 37.8. The fourth-order valence-corrected chi connectivity index (χ4v) is 3.24. The molecule has 0 bridgehead atoms. The third-order valence-electron chi connectivity index (χ3n) is 4.48. The molecule has 2 aromatic carbocycles. The number of carbonyl (C=O) groups is 2. The van der Waals surface area contributed by atoms with E-state index in [1.165, 1.54) is 23.1 Å². The molecule has 0 saturated carbocycles. The number of esters is 1. The predicted octanol–water partition coefficient (Wildman–Crippen LogP) is 4.09. The molecule has 0 radical (unpaired) electrons. The molecular formula is C21H21N3O5. The SMILES string of the molecule is CC1=C(C(=O)OC(C)C)[C@H](c2cccc([N+](=O)[O-])c2)NC(=O)N1c1ccccc1. The number of nitro groups is 1. The lowest BCUT2D eigenvalue weighted by molar-refractivity contribution is -0.384. The van der Waals surface area contributed by atoms with E-state index in [1.54, 1.807) is 51.1 Å². The first-order valence-electron chi connectivity index (χ1n) is 9.11. The van der Waals surface area contributed by atoms with Crippen LogP contribution in [-0.2, 0) is 9.53 Å². The van der Waals surface area contributed by atoms with Crippen molar-refractivity contribution in [1.82, 2.24) is 5.32 Å². The van der Waals surface area contributed by atoms with Crippen LogP contribution in [0.4, 0.5) is 16.2 Å². The number of allylic oxidation sites excluding steroid dienone is 1. The van der Waals surface area contributed by atoms with Gasteiger partial charge in [0.25, 0.3) is 5.69 Å². The summed E-state index contributed by atoms with van der Waals surface area (Å²) in [6.45, 7) is 5.12. The van der Waals surface area contributed by atoms with E-state index in [0.29, 0.717) is 16.9 Å². The van der Waals surface area contributed by atoms with Gasteiger partial charge in [-0.05, 0) is 38.5 Å². The Morgan fingerprint density at radius 2 is 1.86 bits per heavy atom. The first-order chi connectivity index (χ1) is 13.8. The molecule has 0 saturated heterocycles. The Morgan fingerprint density at radius 3 is 2.48 bits per heavy atom. The van der Waals surface area contributed by atoms with Crippen molar-refractivity contribution in [1.29, 1.82) is 0 Å². The minimum atomic E-state index is -0.867. The summed E-state index contributed by atoms with van der Waals surface area (Å²) in [5.74, 6) is -0.588. The number of benzene rings is 2. The number of rotatable bonds is 5. The lowest BCUT2D eigenvalue weighted by Gasteiger charge is -2.35. The number of nitrogens with zero attached hydrogens (tertiary/aromatic N) is 2. The quantitative estimate of drug-likeness (QED) is 0.467. The Balaban J connectivity index is 2.14. The summed E-state index contributed by atoms with van der Waals surface area (Å²) in [6.07, 6.45) is -0.364. The first-order valence-corrected chi connectivity index (χ1v) is 9.11. The number of para-hydroxylation sites is 1. The largest absolute Gasteiger partial charge is 0.459 e. The summed E-state index contributed by atoms with van der Waals surface area (Å²) in [5, 5.41) is 14.0. The molecule has 150 valence electrons. The number of nitrogens with one attached hydrogen (secondary N) is 1. The van der Waals surface area contributed by atoms with Crippen molar-refractivity contribution in [2.24, 2.45) is 0 Å². The van der Waals surface area contributed by atoms with E-state index in [4.69, 9.17) is 4.74 Å². The van der Waals surface area contributed by atoms with Crippen molar-refractivity contribution < 1.29 is 19.2 Å². The van der Waals surface area contributed by atoms with Crippen LogP contribution in [-0.4, -0.2) is 23.0 Å². The molecule has 1 heterocycles. The minimum Gasteiger partial charge on any atom is -0.459 e. The highest BCUT2D eigenvalue weighted by atomic mass is 16.6. The van der Waals surface area contributed by atoms with Crippen molar-refractivity contribution in [3.05, 3.63) is 81.5 Å². The summed E-state index contributed by atoms with van der Waals surface area (Å²) in [6, 6.07) is 13.4. The number of non-ortho nitro benzene ring substituents is 1. The molecule has 1 atom stereocenters. The topological polar surface area (TPSA) is 102 Å². The second-order valence-corrected chi connectivity index (χ2v) is 6.86. The predicted molar refractivity (Wildman–Crippen MR) is 107 cm³/mol. The third-order valence-corrected chi connectivity index (χ3v) is 4.48. The van der Waals surface area contributed by atoms with Gasteiger partial charge in [-0.3, -0.25) is 15.0 Å². The molecule has 29 heavy (non-hydrogen) atoms. The van der Waals surface area contributed by atoms with Gasteiger partial charge in [0.05, 0.1) is 28.3 Å². The van der Waals surface area contributed by atoms with Crippen molar-refractivity contribution in [2.45, 2.75) is 32.9 Å². The number of anilines is 1. The third kappa shape index (κ3) is 4.11. The zero-order chi connectivity index (χ0) is 21.1. The van der Waals surface area contributed by atoms with E-state index in [9.17, 15) is 19.7 Å². The van der Waals surface area contributed by atoms with Gasteiger partial charge in [0.1, 0.15) is 0 Å². The van der Waals surface area contributed by atoms with E-state index in [0.717, 1.165) is 0 Å². The molecule has 0 spiro atoms. The molecule has 0 fully saturated rings. The first kappa shape index (κ1) is 20.1. The van der Waals surface area contributed by atoms with Crippen LogP contribution in [0.2, 0.25) is 0 Å². The van der Waals surface area contributed by atoms with Gasteiger partial charge in [0.15, 0.2) is 0 Å². The zero-order valence-corrected chi connectivity index (χ0v) is 16.3. The minimum absolute atomic E-state index is 0.128. The Morgan fingerprint density at radius 1 is 1.17 bits per heavy atom. The number of hydrogen-bond acceptors (Lipinski definition) is 5. The zero-order valence-electron chi connectivity index (χ0n) is 16.3. The summed E-state index contributed by atoms with van der Waals surface area (Å²) < 4.78 is 5.40. The summed E-state index contributed by atoms with van der Waals surface area (Å²) in [5.41, 5.74) is 1.52. The van der Waals surface area contributed by atoms with Crippen LogP contribution < -0.4 is 10.2 Å². The number of amides is 2. The van der Waals surface area contributed by atoms with Gasteiger partial charge in [-0.1, -0.05) is 30.3 Å². The molecule has 3 rings (SSSR count). The Hall–Kier alpha value is -3.68. The van der Waals surface area contributed by atoms with Crippen molar-refractivity contribution in [2.75, 3.05) is 4.90 Å². The van der Waals surface area contributed by atoms with Gasteiger partial charge in [-0.15, -0.1) is 0 Å². The molecule has 1 N–H and O–H groups in total. The summed E-state index contributed by atoms with van der Waals surface area (Å²) in [7, 11) is 0. The van der Waals surface area contributed by atoms with Crippen LogP contribution in [0.25, 0.3) is 0 Å². The second kappa shape index (κ2) is 8.14. The molecule has 8 nitrogen and oxygen atoms in total. The fraction of sp³-hybridized carbons (Fsp3) is 0.238. The van der Waals surface area contributed by atoms with Gasteiger partial charge in [-0.2, -0.15) is 0 Å². The van der Waals surface area contributed by atoms with E-state index >= 15 is 0 Å². The number of nitro benzene ring substituents is 1. The average molecular weight is 395 g/mol. The van der Waals surface area contributed by atoms with Crippen LogP contribution >= 0.6 is 0 Å². The molecular weight excluding hydrogens is 374 g/mol. The molecule has 0 aliphatic carbocycles. The highest BCUT2D eigenvalue weighted by Crippen LogP contribution is 2.35. The molecule has 1 aliphatic heterocycles. The molecule has 0 unspecified atom stereocenters. The lowest BCUT2D eigenvalue weighted by Crippen LogP contribution is -2.48. The van der Waals surface area contributed by atoms with Crippen LogP contribution in [0.5, 0.6) is 0 Å². The fourth-order valence-electron chi connectivity index (χ4n) is 3.24. The van der Waals surface area contributed by atoms with Crippen molar-refractivity contribution >= 4 is 23.4 Å². The molecule has 2 amide bonds. The highest BCUT2D eigenvalue weighted by Gasteiger charge is 2.37. The molecule has 0 aromatic heterocycles. The van der Waals surface area contributed by atoms with Crippen LogP contribution in [0, 0.1) is 10.1 Å². The average Bonchev–Trinajstić information content (AvgIpc) is 2.67. The van der Waals surface area contributed by atoms with E-state index < -0.39 is 23.0 Å². The second-order valence-electron chi connectivity index (χ2n) is 6.86. The number of ether oxygens (including phenoxy) is 1. The maximum Gasteiger partial charge on any atom is 0.338 e. The Labute approximate surface area is 167 Å². The molecule has 2 aromatic rings. The van der Waals surface area contributed by atoms with Crippen LogP contribution in [0.3, 0.4) is 0 Å². The van der Waals surface area contributed by atoms with E-state index in [-0.39, 0.29) is 17.4 Å². The monoisotopic (exact) mass is 395 g/mol. The normalized spacial score (nSPS) is 16.6. The van der Waals surface area contributed by atoms with Crippen LogP contribution in [0.15, 0.2) is 65.9 Å². The smallest absolute Gasteiger partial charge is 0.338 e. The summed E-state index contributed by atoms with van der Waals surface area (Å²) >= 11 is 0. The Bertz CT molecular complexity index is 985. The van der Waals surface area contributed by atoms with Gasteiger partial charge >= 0.3 is 12.0 Å². The van der Waals surface area contributed by atoms with E-state index in [2.05, 4.69) is 5.32 Å². The number of hydrogen-bond donors (Lipinski definition) is 1. The van der Waals surface area contributed by atoms with Gasteiger partial charge in [-0.25, -0.2) is 9.59 Å². The maximum absolute atomic E-state index is 12.9. The number of urea groups is 1. The van der Waals surface area contributed by atoms with Gasteiger partial charge in [0, 0.05) is 17.8 Å². The van der Waals surface area contributed by atoms with Gasteiger partial charge < -0.3 is 10.1 Å². The van der Waals surface area contributed by atoms with Gasteiger partial charge in [0.2, 0.25) is 0 Å². The highest BCUT2D eigenvalue weighted by molar-refractivity contribution is 6.03. The van der Waals surface area contributed by atoms with Crippen LogP contribution in [0.1, 0.15) is 32.4 Å². The number of carbonyl (C=O) groups excluding carboxylic acids is 2. The van der Waals surface area contributed by atoms with Crippen molar-refractivity contribution in [3.63, 3.8) is 0 Å². The Kier molecular flexibility index (Phi) is 5.63. The molecule has 1 aliphatic rings. The maximum atomic E-state index is 12.9. The lowest BCUT2D eigenvalue weighted by atomic mass is 9.94.